The smallest absolute Gasteiger partial charge is 0.104 e. The van der Waals surface area contributed by atoms with E-state index in [9.17, 15) is 4.79 Å². The Hall–Kier alpha value is -0.505. The number of nitrogens with zero attached hydrogens (tertiary/aromatic N) is 1. The third-order valence-corrected chi connectivity index (χ3v) is 0.515. The van der Waals surface area contributed by atoms with Crippen LogP contribution in [0.3, 0.4) is 0 Å². The third kappa shape index (κ3) is 5.49. The van der Waals surface area contributed by atoms with Crippen LogP contribution < -0.4 is 5.73 Å². The van der Waals surface area contributed by atoms with E-state index in [0.717, 1.165) is 0 Å². The third-order valence-electron chi connectivity index (χ3n) is 0.515. The van der Waals surface area contributed by atoms with E-state index >= 15 is 0 Å². The van der Waals surface area contributed by atoms with Crippen LogP contribution in [0.5, 0.6) is 0 Å². The van der Waals surface area contributed by atoms with E-state index < -0.39 is 0 Å². The van der Waals surface area contributed by atoms with Crippen molar-refractivity contribution in [3.05, 3.63) is 0 Å². The Balaban J connectivity index is 3.55. The van der Waals surface area contributed by atoms with Crippen LogP contribution in [-0.2, 0) is 0 Å². The lowest BCUT2D eigenvalue weighted by molar-refractivity contribution is -0.753. The van der Waals surface area contributed by atoms with Gasteiger partial charge in [0.2, 0.25) is 0 Å². The lowest BCUT2D eigenvalue weighted by Gasteiger charge is -2.36. The Kier molecular flexibility index (Phi) is 2.04. The first-order valence-electron chi connectivity index (χ1n) is 2.38. The molecule has 0 heterocycles. The highest BCUT2D eigenvalue weighted by atomic mass is 16.1. The molecule has 0 saturated carbocycles. The average Bonchev–Trinajstić information content (AvgIpc) is 1.21. The van der Waals surface area contributed by atoms with Crippen molar-refractivity contribution >= 4 is 13.2 Å². The van der Waals surface area contributed by atoms with Crippen molar-refractivity contribution in [1.82, 2.24) is 0 Å². The molecule has 3 nitrogen and oxygen atoms in total. The molecule has 4 heteroatoms. The zero-order chi connectivity index (χ0) is 6.78. The molecule has 2 N–H and O–H groups in total. The van der Waals surface area contributed by atoms with Crippen LogP contribution in [0.2, 0.25) is 0 Å². The number of quaternary nitrogens is 1. The van der Waals surface area contributed by atoms with Crippen molar-refractivity contribution in [3.8, 4) is 0 Å². The van der Waals surface area contributed by atoms with Gasteiger partial charge >= 0.3 is 0 Å². The summed E-state index contributed by atoms with van der Waals surface area (Å²) in [5.41, 5.74) is 4.87. The van der Waals surface area contributed by atoms with Crippen molar-refractivity contribution in [2.24, 2.45) is 5.73 Å². The highest BCUT2D eigenvalue weighted by Crippen LogP contribution is 1.82. The van der Waals surface area contributed by atoms with Gasteiger partial charge in [-0.1, -0.05) is 0 Å². The van der Waals surface area contributed by atoms with Gasteiger partial charge in [0.05, 0.1) is 0 Å². The fraction of sp³-hybridized carbons (Fsp3) is 0.750. The summed E-state index contributed by atoms with van der Waals surface area (Å²) < 4.78 is 0.481. The van der Waals surface area contributed by atoms with Crippen molar-refractivity contribution in [2.45, 2.75) is 0 Å². The van der Waals surface area contributed by atoms with Crippen LogP contribution in [0.15, 0.2) is 0 Å². The number of hydrogen-bond acceptors (Lipinski definition) is 1. The summed E-state index contributed by atoms with van der Waals surface area (Å²) in [5, 5.41) is 0. The number of primary amides is 1. The van der Waals surface area contributed by atoms with E-state index in [0.29, 0.717) is 4.39 Å². The molecule has 0 aliphatic heterocycles. The first kappa shape index (κ1) is 7.49. The molecular formula is C4H11BN2O. The van der Waals surface area contributed by atoms with Gasteiger partial charge in [-0.2, -0.15) is 0 Å². The summed E-state index contributed by atoms with van der Waals surface area (Å²) in [4.78, 5) is 10.2. The Morgan fingerprint density at radius 2 is 1.88 bits per heavy atom. The van der Waals surface area contributed by atoms with Crippen molar-refractivity contribution < 1.29 is 9.19 Å². The average molecular weight is 114 g/mol. The summed E-state index contributed by atoms with van der Waals surface area (Å²) in [7, 11) is 7.03. The first-order valence-corrected chi connectivity index (χ1v) is 2.38. The second kappa shape index (κ2) is 2.18. The number of carbonyl (C=O) groups is 1. The summed E-state index contributed by atoms with van der Waals surface area (Å²) in [6, 6.07) is 0. The van der Waals surface area contributed by atoms with E-state index in [1.807, 2.05) is 21.1 Å². The standard InChI is InChI=1S/C4H10BN2O/c1-7(2,3)5-4(6)8/h1-3H3,(H-,6,8)/q-1/p+1. The van der Waals surface area contributed by atoms with Crippen LogP contribution in [0, 0.1) is 0 Å². The summed E-state index contributed by atoms with van der Waals surface area (Å²) in [6.45, 7) is 0. The highest BCUT2D eigenvalue weighted by Gasteiger charge is 1.95. The molecule has 0 aromatic rings. The van der Waals surface area contributed by atoms with Gasteiger partial charge in [0.25, 0.3) is 0 Å². The molecule has 0 fully saturated rings. The number of nitrogens with two attached hydrogens (primary N) is 1. The van der Waals surface area contributed by atoms with Gasteiger partial charge < -0.3 is 14.9 Å². The van der Waals surface area contributed by atoms with Gasteiger partial charge in [0, 0.05) is 26.9 Å². The molecule has 0 aromatic heterocycles. The van der Waals surface area contributed by atoms with Crippen molar-refractivity contribution in [2.75, 3.05) is 21.1 Å². The minimum Gasteiger partial charge on any atom is -0.560 e. The van der Waals surface area contributed by atoms with Crippen LogP contribution >= 0.6 is 0 Å². The number of carbonyl (C=O) groups excluding carboxylic acids is 1. The topological polar surface area (TPSA) is 43.1 Å². The summed E-state index contributed by atoms with van der Waals surface area (Å²) in [5.74, 6) is -0.377. The van der Waals surface area contributed by atoms with Gasteiger partial charge in [-0.05, 0) is 0 Å². The second-order valence-electron chi connectivity index (χ2n) is 2.65. The van der Waals surface area contributed by atoms with Gasteiger partial charge in [0.15, 0.2) is 0 Å². The highest BCUT2D eigenvalue weighted by molar-refractivity contribution is 6.67. The predicted octanol–water partition coefficient (Wildman–Crippen LogP) is -0.610. The van der Waals surface area contributed by atoms with Gasteiger partial charge in [0.1, 0.15) is 7.41 Å². The minimum atomic E-state index is -0.377. The van der Waals surface area contributed by atoms with Crippen LogP contribution in [0.4, 0.5) is 4.79 Å². The van der Waals surface area contributed by atoms with Crippen LogP contribution in [-0.4, -0.2) is 38.8 Å². The molecule has 0 bridgehead atoms. The molecule has 8 heavy (non-hydrogen) atoms. The maximum atomic E-state index is 10.2. The lowest BCUT2D eigenvalue weighted by atomic mass is 9.89. The molecule has 0 rings (SSSR count). The molecule has 0 unspecified atom stereocenters. The molecule has 0 aromatic carbocycles. The van der Waals surface area contributed by atoms with Gasteiger partial charge in [-0.25, -0.2) is 0 Å². The van der Waals surface area contributed by atoms with E-state index in [4.69, 9.17) is 5.73 Å². The molecule has 0 atom stereocenters. The van der Waals surface area contributed by atoms with E-state index in [-0.39, 0.29) is 5.81 Å². The minimum absolute atomic E-state index is 0.377. The zero-order valence-electron chi connectivity index (χ0n) is 5.51. The van der Waals surface area contributed by atoms with Crippen molar-refractivity contribution in [1.29, 1.82) is 0 Å². The molecule has 2 radical (unpaired) electrons. The normalized spacial score (nSPS) is 11.4. The lowest BCUT2D eigenvalue weighted by Crippen LogP contribution is -2.45. The SMILES string of the molecule is C[N+](C)(C)[B-]C(N)=O. The fourth-order valence-corrected chi connectivity index (χ4v) is 0.382. The van der Waals surface area contributed by atoms with Crippen LogP contribution in [0.25, 0.3) is 0 Å². The Morgan fingerprint density at radius 3 is 1.88 bits per heavy atom. The van der Waals surface area contributed by atoms with E-state index in [2.05, 4.69) is 0 Å². The Bertz CT molecular complexity index is 96.7. The molecule has 0 spiro atoms. The largest absolute Gasteiger partial charge is 0.560 e. The second-order valence-corrected chi connectivity index (χ2v) is 2.65. The molecule has 0 aliphatic carbocycles. The zero-order valence-corrected chi connectivity index (χ0v) is 5.51. The van der Waals surface area contributed by atoms with E-state index in [1.165, 1.54) is 7.41 Å². The monoisotopic (exact) mass is 114 g/mol. The molecule has 46 valence electrons. The Morgan fingerprint density at radius 1 is 1.50 bits per heavy atom. The number of amides is 1. The van der Waals surface area contributed by atoms with E-state index in [1.54, 1.807) is 0 Å². The maximum absolute atomic E-state index is 10.2. The van der Waals surface area contributed by atoms with Gasteiger partial charge in [-0.15, -0.1) is 0 Å². The van der Waals surface area contributed by atoms with Crippen LogP contribution in [0.1, 0.15) is 0 Å². The molecular weight excluding hydrogens is 103 g/mol. The Labute approximate surface area is 50.3 Å². The summed E-state index contributed by atoms with van der Waals surface area (Å²) >= 11 is 0. The molecule has 0 saturated heterocycles. The summed E-state index contributed by atoms with van der Waals surface area (Å²) in [6.07, 6.45) is 0. The first-order chi connectivity index (χ1) is 3.42. The fourth-order valence-electron chi connectivity index (χ4n) is 0.382. The van der Waals surface area contributed by atoms with Gasteiger partial charge in [-0.3, -0.25) is 0 Å². The van der Waals surface area contributed by atoms with Crippen molar-refractivity contribution in [3.63, 3.8) is 0 Å². The number of hydrogen-bond donors (Lipinski definition) is 1. The quantitative estimate of drug-likeness (QED) is 0.478. The number of rotatable bonds is 2. The maximum Gasteiger partial charge on any atom is 0.104 e. The molecule has 0 aliphatic rings. The molecule has 1 amide bonds. The predicted molar refractivity (Wildman–Crippen MR) is 33.4 cm³/mol.